The second kappa shape index (κ2) is 10.9. The molecule has 200 valence electrons. The zero-order valence-corrected chi connectivity index (χ0v) is 24.0. The Hall–Kier alpha value is -3.59. The van der Waals surface area contributed by atoms with E-state index < -0.39 is 12.0 Å². The van der Waals surface area contributed by atoms with Crippen molar-refractivity contribution in [2.45, 2.75) is 19.9 Å². The quantitative estimate of drug-likeness (QED) is 0.284. The Morgan fingerprint density at radius 3 is 2.59 bits per heavy atom. The number of carbonyl (C=O) groups excluding carboxylic acids is 1. The van der Waals surface area contributed by atoms with Gasteiger partial charge in [-0.25, -0.2) is 9.79 Å². The van der Waals surface area contributed by atoms with E-state index in [-0.39, 0.29) is 12.2 Å². The molecule has 0 N–H and O–H groups in total. The highest BCUT2D eigenvalue weighted by Gasteiger charge is 2.33. The summed E-state index contributed by atoms with van der Waals surface area (Å²) in [6.45, 7) is 3.72. The molecule has 0 aliphatic carbocycles. The summed E-state index contributed by atoms with van der Waals surface area (Å²) in [4.78, 5) is 34.0. The molecule has 1 aliphatic rings. The molecular formula is C29H25Cl2N3O4S. The molecule has 10 heteroatoms. The Labute approximate surface area is 238 Å². The van der Waals surface area contributed by atoms with Gasteiger partial charge in [-0.05, 0) is 55.8 Å². The third-order valence-electron chi connectivity index (χ3n) is 6.36. The molecule has 7 nitrogen and oxygen atoms in total. The van der Waals surface area contributed by atoms with Crippen molar-refractivity contribution in [1.29, 1.82) is 0 Å². The van der Waals surface area contributed by atoms with Crippen molar-refractivity contribution in [1.82, 2.24) is 4.57 Å². The molecule has 4 aromatic rings. The Kier molecular flexibility index (Phi) is 7.53. The van der Waals surface area contributed by atoms with Gasteiger partial charge in [-0.2, -0.15) is 0 Å². The lowest BCUT2D eigenvalue weighted by Crippen LogP contribution is -2.39. The van der Waals surface area contributed by atoms with E-state index in [1.165, 1.54) is 11.3 Å². The molecule has 0 bridgehead atoms. The highest BCUT2D eigenvalue weighted by molar-refractivity contribution is 7.07. The Morgan fingerprint density at radius 2 is 1.90 bits per heavy atom. The molecule has 0 saturated heterocycles. The second-order valence-electron chi connectivity index (χ2n) is 9.09. The number of aromatic nitrogens is 1. The van der Waals surface area contributed by atoms with Crippen LogP contribution in [0.4, 0.5) is 5.69 Å². The largest absolute Gasteiger partial charge is 0.463 e. The number of nitrogens with zero attached hydrogens (tertiary/aromatic N) is 3. The Morgan fingerprint density at radius 1 is 1.15 bits per heavy atom. The van der Waals surface area contributed by atoms with Gasteiger partial charge in [0.1, 0.15) is 11.5 Å². The van der Waals surface area contributed by atoms with Gasteiger partial charge in [-0.3, -0.25) is 9.36 Å². The molecule has 0 fully saturated rings. The topological polar surface area (TPSA) is 77.0 Å². The normalized spacial score (nSPS) is 15.2. The first-order valence-electron chi connectivity index (χ1n) is 12.2. The van der Waals surface area contributed by atoms with Gasteiger partial charge in [-0.1, -0.05) is 52.7 Å². The van der Waals surface area contributed by atoms with Crippen LogP contribution in [0.5, 0.6) is 0 Å². The summed E-state index contributed by atoms with van der Waals surface area (Å²) < 4.78 is 13.3. The third kappa shape index (κ3) is 5.07. The molecule has 5 rings (SSSR count). The fraction of sp³-hybridized carbons (Fsp3) is 0.207. The minimum absolute atomic E-state index is 0.212. The number of rotatable bonds is 6. The molecule has 1 aliphatic heterocycles. The van der Waals surface area contributed by atoms with Crippen LogP contribution in [0.2, 0.25) is 10.0 Å². The van der Waals surface area contributed by atoms with Crippen molar-refractivity contribution in [3.63, 3.8) is 0 Å². The third-order valence-corrected chi connectivity index (χ3v) is 8.16. The Bertz CT molecular complexity index is 1780. The lowest BCUT2D eigenvalue weighted by atomic mass is 9.95. The van der Waals surface area contributed by atoms with Gasteiger partial charge in [-0.15, -0.1) is 0 Å². The summed E-state index contributed by atoms with van der Waals surface area (Å²) in [6.07, 6.45) is 1.67. The minimum atomic E-state index is -0.684. The monoisotopic (exact) mass is 581 g/mol. The first kappa shape index (κ1) is 27.0. The number of fused-ring (bicyclic) bond motifs is 1. The van der Waals surface area contributed by atoms with Gasteiger partial charge in [0.2, 0.25) is 0 Å². The summed E-state index contributed by atoms with van der Waals surface area (Å²) in [5.74, 6) is 0.504. The van der Waals surface area contributed by atoms with Gasteiger partial charge in [0.05, 0.1) is 38.5 Å². The maximum absolute atomic E-state index is 13.8. The van der Waals surface area contributed by atoms with Crippen LogP contribution >= 0.6 is 34.5 Å². The van der Waals surface area contributed by atoms with Crippen molar-refractivity contribution >= 4 is 52.3 Å². The van der Waals surface area contributed by atoms with Crippen molar-refractivity contribution in [3.8, 4) is 11.3 Å². The fourth-order valence-corrected chi connectivity index (χ4v) is 5.88. The predicted octanol–water partition coefficient (Wildman–Crippen LogP) is 5.43. The van der Waals surface area contributed by atoms with E-state index in [4.69, 9.17) is 32.4 Å². The molecule has 1 atom stereocenters. The van der Waals surface area contributed by atoms with Crippen LogP contribution < -0.4 is 19.8 Å². The van der Waals surface area contributed by atoms with Gasteiger partial charge in [0, 0.05) is 31.4 Å². The zero-order valence-electron chi connectivity index (χ0n) is 21.7. The van der Waals surface area contributed by atoms with Gasteiger partial charge >= 0.3 is 5.97 Å². The van der Waals surface area contributed by atoms with Gasteiger partial charge in [0.15, 0.2) is 4.80 Å². The summed E-state index contributed by atoms with van der Waals surface area (Å²) in [7, 11) is 3.90. The lowest BCUT2D eigenvalue weighted by Gasteiger charge is -2.25. The summed E-state index contributed by atoms with van der Waals surface area (Å²) in [6, 6.07) is 15.9. The van der Waals surface area contributed by atoms with Crippen LogP contribution in [0.3, 0.4) is 0 Å². The van der Waals surface area contributed by atoms with Crippen LogP contribution in [-0.2, 0) is 9.53 Å². The molecule has 1 unspecified atom stereocenters. The molecule has 39 heavy (non-hydrogen) atoms. The fourth-order valence-electron chi connectivity index (χ4n) is 4.46. The summed E-state index contributed by atoms with van der Waals surface area (Å²) in [5.41, 5.74) is 3.00. The standard InChI is InChI=1S/C29H25Cl2N3O4S/c1-5-37-28(36)24-16(2)32-29-34(26(24)17-9-11-18(12-10-17)33(3)4)27(35)23(39-29)15-19-13-14-22(38-19)20-7-6-8-21(30)25(20)31/h6-15,26H,5H2,1-4H3/b23-15-. The minimum Gasteiger partial charge on any atom is -0.463 e. The van der Waals surface area contributed by atoms with Crippen molar-refractivity contribution in [3.05, 3.63) is 107 Å². The maximum Gasteiger partial charge on any atom is 0.338 e. The number of furan rings is 1. The van der Waals surface area contributed by atoms with E-state index in [0.717, 1.165) is 11.3 Å². The van der Waals surface area contributed by atoms with Crippen molar-refractivity contribution in [2.24, 2.45) is 4.99 Å². The first-order chi connectivity index (χ1) is 18.7. The van der Waals surface area contributed by atoms with Crippen LogP contribution in [0, 0.1) is 0 Å². The van der Waals surface area contributed by atoms with Crippen LogP contribution in [0.1, 0.15) is 31.2 Å². The predicted molar refractivity (Wildman–Crippen MR) is 155 cm³/mol. The highest BCUT2D eigenvalue weighted by atomic mass is 35.5. The molecule has 2 aromatic carbocycles. The number of thiazole rings is 1. The Balaban J connectivity index is 1.63. The number of anilines is 1. The van der Waals surface area contributed by atoms with Gasteiger partial charge in [0.25, 0.3) is 5.56 Å². The molecule has 3 heterocycles. The smallest absolute Gasteiger partial charge is 0.338 e. The number of hydrogen-bond acceptors (Lipinski definition) is 7. The van der Waals surface area contributed by atoms with E-state index in [9.17, 15) is 9.59 Å². The van der Waals surface area contributed by atoms with E-state index in [1.54, 1.807) is 48.8 Å². The molecule has 0 saturated carbocycles. The average Bonchev–Trinajstić information content (AvgIpc) is 3.49. The van der Waals surface area contributed by atoms with Crippen LogP contribution in [-0.4, -0.2) is 31.2 Å². The van der Waals surface area contributed by atoms with Crippen molar-refractivity contribution < 1.29 is 13.9 Å². The van der Waals surface area contributed by atoms with E-state index >= 15 is 0 Å². The number of allylic oxidation sites excluding steroid dienone is 1. The number of halogens is 2. The summed E-state index contributed by atoms with van der Waals surface area (Å²) in [5, 5.41) is 0.813. The molecular weight excluding hydrogens is 557 g/mol. The number of esters is 1. The number of benzene rings is 2. The van der Waals surface area contributed by atoms with Crippen LogP contribution in [0.25, 0.3) is 17.4 Å². The second-order valence-corrected chi connectivity index (χ2v) is 10.9. The molecule has 2 aromatic heterocycles. The molecule has 0 spiro atoms. The molecule has 0 amide bonds. The molecule has 0 radical (unpaired) electrons. The zero-order chi connectivity index (χ0) is 27.8. The van der Waals surface area contributed by atoms with Crippen LogP contribution in [0.15, 0.2) is 80.1 Å². The number of carbonyl (C=O) groups is 1. The summed E-state index contributed by atoms with van der Waals surface area (Å²) >= 11 is 13.7. The van der Waals surface area contributed by atoms with E-state index in [1.807, 2.05) is 49.3 Å². The number of ether oxygens (including phenoxy) is 1. The first-order valence-corrected chi connectivity index (χ1v) is 13.8. The highest BCUT2D eigenvalue weighted by Crippen LogP contribution is 2.35. The van der Waals surface area contributed by atoms with Gasteiger partial charge < -0.3 is 14.1 Å². The average molecular weight is 583 g/mol. The maximum atomic E-state index is 13.8. The van der Waals surface area contributed by atoms with E-state index in [2.05, 4.69) is 4.99 Å². The lowest BCUT2D eigenvalue weighted by molar-refractivity contribution is -0.139. The SMILES string of the molecule is CCOC(=O)C1=C(C)N=c2s/c(=C\c3ccc(-c4cccc(Cl)c4Cl)o3)c(=O)n2C1c1ccc(N(C)C)cc1. The van der Waals surface area contributed by atoms with Crippen molar-refractivity contribution in [2.75, 3.05) is 25.6 Å². The van der Waals surface area contributed by atoms with E-state index in [0.29, 0.717) is 47.7 Å². The number of hydrogen-bond donors (Lipinski definition) is 0.